The minimum absolute atomic E-state index is 0.0259. The number of Topliss-reactive ketones (excluding diaryl/α,β-unsaturated/α-hetero) is 1. The first-order valence-corrected chi connectivity index (χ1v) is 11.5. The number of esters is 1. The summed E-state index contributed by atoms with van der Waals surface area (Å²) in [5.74, 6) is 0.938. The summed E-state index contributed by atoms with van der Waals surface area (Å²) in [6.45, 7) is 6.55. The van der Waals surface area contributed by atoms with E-state index in [1.165, 1.54) is 31.9 Å². The molecule has 1 aliphatic carbocycles. The average molecular weight is 484 g/mol. The monoisotopic (exact) mass is 483 g/mol. The van der Waals surface area contributed by atoms with Gasteiger partial charge in [-0.15, -0.1) is 0 Å². The van der Waals surface area contributed by atoms with Gasteiger partial charge >= 0.3 is 12.1 Å². The summed E-state index contributed by atoms with van der Waals surface area (Å²) >= 11 is 0. The van der Waals surface area contributed by atoms with Gasteiger partial charge in [0.1, 0.15) is 42.2 Å². The van der Waals surface area contributed by atoms with Gasteiger partial charge in [0, 0.05) is 6.42 Å². The van der Waals surface area contributed by atoms with E-state index in [1.807, 2.05) is 6.07 Å². The molecular weight excluding hydrogens is 450 g/mol. The summed E-state index contributed by atoms with van der Waals surface area (Å²) in [7, 11) is 0. The lowest BCUT2D eigenvalue weighted by atomic mass is 10.1. The minimum Gasteiger partial charge on any atom is -0.459 e. The van der Waals surface area contributed by atoms with Crippen molar-refractivity contribution in [3.8, 4) is 11.5 Å². The third-order valence-electron chi connectivity index (χ3n) is 4.94. The van der Waals surface area contributed by atoms with Crippen molar-refractivity contribution in [3.63, 3.8) is 0 Å². The van der Waals surface area contributed by atoms with Crippen LogP contribution in [0.3, 0.4) is 0 Å². The quantitative estimate of drug-likeness (QED) is 0.353. The van der Waals surface area contributed by atoms with E-state index in [4.69, 9.17) is 14.2 Å². The van der Waals surface area contributed by atoms with Gasteiger partial charge in [0.25, 0.3) is 0 Å². The SMILES string of the molecule is C=CCOC(=O)NC(CC(C)=O)C(O)COC(=O)c1ccccc1Oc1ccccc1.CC1CC1. The lowest BCUT2D eigenvalue weighted by Gasteiger charge is -2.23. The maximum atomic E-state index is 12.6. The second-order valence-electron chi connectivity index (χ2n) is 8.30. The molecule has 2 aromatic carbocycles. The molecule has 2 atom stereocenters. The van der Waals surface area contributed by atoms with Gasteiger partial charge in [0.2, 0.25) is 0 Å². The summed E-state index contributed by atoms with van der Waals surface area (Å²) in [5.41, 5.74) is 0.167. The first kappa shape index (κ1) is 27.6. The van der Waals surface area contributed by atoms with Gasteiger partial charge in [-0.25, -0.2) is 9.59 Å². The number of alkyl carbamates (subject to hydrolysis) is 1. The van der Waals surface area contributed by atoms with Gasteiger partial charge < -0.3 is 24.6 Å². The number of ketones is 1. The van der Waals surface area contributed by atoms with Crippen LogP contribution in [0.4, 0.5) is 4.79 Å². The van der Waals surface area contributed by atoms with Crippen LogP contribution in [-0.2, 0) is 14.3 Å². The maximum absolute atomic E-state index is 12.6. The van der Waals surface area contributed by atoms with Crippen LogP contribution in [0.15, 0.2) is 67.3 Å². The molecule has 3 rings (SSSR count). The molecule has 1 amide bonds. The lowest BCUT2D eigenvalue weighted by molar-refractivity contribution is -0.118. The van der Waals surface area contributed by atoms with E-state index in [0.29, 0.717) is 11.5 Å². The molecule has 1 fully saturated rings. The molecule has 35 heavy (non-hydrogen) atoms. The van der Waals surface area contributed by atoms with Crippen molar-refractivity contribution in [1.29, 1.82) is 0 Å². The molecule has 1 aliphatic rings. The first-order chi connectivity index (χ1) is 16.8. The summed E-state index contributed by atoms with van der Waals surface area (Å²) in [6.07, 6.45) is 2.05. The highest BCUT2D eigenvalue weighted by atomic mass is 16.6. The Labute approximate surface area is 205 Å². The molecular formula is C27H33NO7. The smallest absolute Gasteiger partial charge is 0.407 e. The largest absolute Gasteiger partial charge is 0.459 e. The Morgan fingerprint density at radius 1 is 1.09 bits per heavy atom. The number of carbonyl (C=O) groups excluding carboxylic acids is 3. The molecule has 0 radical (unpaired) electrons. The number of carbonyl (C=O) groups is 3. The summed E-state index contributed by atoms with van der Waals surface area (Å²) in [4.78, 5) is 35.8. The van der Waals surface area contributed by atoms with Crippen molar-refractivity contribution >= 4 is 17.8 Å². The molecule has 0 spiro atoms. The Hall–Kier alpha value is -3.65. The van der Waals surface area contributed by atoms with Crippen LogP contribution in [0.25, 0.3) is 0 Å². The summed E-state index contributed by atoms with van der Waals surface area (Å²) in [6, 6.07) is 14.5. The first-order valence-electron chi connectivity index (χ1n) is 11.5. The second kappa shape index (κ2) is 14.6. The number of rotatable bonds is 11. The number of ether oxygens (including phenoxy) is 3. The van der Waals surface area contributed by atoms with E-state index < -0.39 is 30.8 Å². The molecule has 1 saturated carbocycles. The standard InChI is InChI=1S/C23H25NO7.C4H8/c1-3-13-29-23(28)24-19(14-16(2)25)20(26)15-30-22(27)18-11-7-8-12-21(18)31-17-9-5-4-6-10-17;1-4-2-3-4/h3-12,19-20,26H,1,13-15H2,2H3,(H,24,28);4H,2-3H2,1H3. The van der Waals surface area contributed by atoms with E-state index in [1.54, 1.807) is 42.5 Å². The number of aliphatic hydroxyl groups excluding tert-OH is 1. The van der Waals surface area contributed by atoms with Crippen LogP contribution < -0.4 is 10.1 Å². The van der Waals surface area contributed by atoms with Crippen LogP contribution in [0.2, 0.25) is 0 Å². The van der Waals surface area contributed by atoms with Gasteiger partial charge in [0.05, 0.1) is 6.04 Å². The summed E-state index contributed by atoms with van der Waals surface area (Å²) in [5, 5.41) is 12.8. The third kappa shape index (κ3) is 10.9. The highest BCUT2D eigenvalue weighted by Crippen LogP contribution is 2.27. The van der Waals surface area contributed by atoms with E-state index in [2.05, 4.69) is 18.8 Å². The molecule has 0 saturated heterocycles. The van der Waals surface area contributed by atoms with Crippen molar-refractivity contribution in [3.05, 3.63) is 72.8 Å². The van der Waals surface area contributed by atoms with Gasteiger partial charge in [-0.2, -0.15) is 0 Å². The van der Waals surface area contributed by atoms with Crippen LogP contribution in [-0.4, -0.2) is 48.3 Å². The topological polar surface area (TPSA) is 111 Å². The number of aliphatic hydroxyl groups is 1. The molecule has 188 valence electrons. The Kier molecular flexibility index (Phi) is 11.5. The van der Waals surface area contributed by atoms with Gasteiger partial charge in [-0.1, -0.05) is 62.8 Å². The number of benzene rings is 2. The van der Waals surface area contributed by atoms with E-state index in [-0.39, 0.29) is 24.4 Å². The number of hydrogen-bond donors (Lipinski definition) is 2. The molecule has 8 heteroatoms. The van der Waals surface area contributed by atoms with Crippen molar-refractivity contribution in [2.45, 2.75) is 45.3 Å². The van der Waals surface area contributed by atoms with Crippen molar-refractivity contribution < 1.29 is 33.7 Å². The molecule has 0 aliphatic heterocycles. The van der Waals surface area contributed by atoms with Gasteiger partial charge in [0.15, 0.2) is 0 Å². The highest BCUT2D eigenvalue weighted by Gasteiger charge is 2.25. The molecule has 0 aromatic heterocycles. The van der Waals surface area contributed by atoms with E-state index in [9.17, 15) is 19.5 Å². The van der Waals surface area contributed by atoms with E-state index >= 15 is 0 Å². The zero-order valence-electron chi connectivity index (χ0n) is 20.1. The fraction of sp³-hybridized carbons (Fsp3) is 0.370. The van der Waals surface area contributed by atoms with E-state index in [0.717, 1.165) is 5.92 Å². The molecule has 0 bridgehead atoms. The van der Waals surface area contributed by atoms with Crippen LogP contribution in [0.5, 0.6) is 11.5 Å². The molecule has 2 unspecified atom stereocenters. The Morgan fingerprint density at radius 2 is 1.71 bits per heavy atom. The predicted octanol–water partition coefficient (Wildman–Crippen LogP) is 4.67. The molecule has 8 nitrogen and oxygen atoms in total. The maximum Gasteiger partial charge on any atom is 0.407 e. The molecule has 0 heterocycles. The fourth-order valence-corrected chi connectivity index (χ4v) is 2.78. The Morgan fingerprint density at radius 3 is 2.31 bits per heavy atom. The molecule has 2 N–H and O–H groups in total. The number of para-hydroxylation sites is 2. The Bertz CT molecular complexity index is 973. The van der Waals surface area contributed by atoms with Gasteiger partial charge in [-0.3, -0.25) is 4.79 Å². The lowest BCUT2D eigenvalue weighted by Crippen LogP contribution is -2.46. The van der Waals surface area contributed by atoms with Crippen LogP contribution in [0, 0.1) is 5.92 Å². The van der Waals surface area contributed by atoms with Gasteiger partial charge in [-0.05, 0) is 37.1 Å². The highest BCUT2D eigenvalue weighted by molar-refractivity contribution is 5.92. The third-order valence-corrected chi connectivity index (χ3v) is 4.94. The molecule has 2 aromatic rings. The Balaban J connectivity index is 0.000000975. The van der Waals surface area contributed by atoms with Crippen molar-refractivity contribution in [2.24, 2.45) is 5.92 Å². The second-order valence-corrected chi connectivity index (χ2v) is 8.30. The number of nitrogens with one attached hydrogen (secondary N) is 1. The predicted molar refractivity (Wildman–Crippen MR) is 131 cm³/mol. The number of hydrogen-bond acceptors (Lipinski definition) is 7. The fourth-order valence-electron chi connectivity index (χ4n) is 2.78. The average Bonchev–Trinajstić information content (AvgIpc) is 3.63. The number of amides is 1. The summed E-state index contributed by atoms with van der Waals surface area (Å²) < 4.78 is 15.7. The van der Waals surface area contributed by atoms with Crippen LogP contribution >= 0.6 is 0 Å². The van der Waals surface area contributed by atoms with Crippen molar-refractivity contribution in [1.82, 2.24) is 5.32 Å². The zero-order chi connectivity index (χ0) is 25.6. The van der Waals surface area contributed by atoms with Crippen LogP contribution in [0.1, 0.15) is 43.5 Å². The normalized spacial score (nSPS) is 13.8. The zero-order valence-corrected chi connectivity index (χ0v) is 20.1. The van der Waals surface area contributed by atoms with Crippen molar-refractivity contribution in [2.75, 3.05) is 13.2 Å². The minimum atomic E-state index is -1.33.